The summed E-state index contributed by atoms with van der Waals surface area (Å²) in [4.78, 5) is 2.51. The molecule has 1 aliphatic heterocycles. The number of aromatic hydroxyl groups is 2. The van der Waals surface area contributed by atoms with Gasteiger partial charge in [-0.05, 0) is 36.5 Å². The summed E-state index contributed by atoms with van der Waals surface area (Å²) in [5.41, 5.74) is 1.07. The topological polar surface area (TPSA) is 55.7 Å². The number of nitrogens with one attached hydrogen (secondary N) is 1. The molecule has 126 valence electrons. The molecule has 0 amide bonds. The number of phenols is 2. The Balaban J connectivity index is 0.00000121. The predicted molar refractivity (Wildman–Crippen MR) is 93.4 cm³/mol. The van der Waals surface area contributed by atoms with Crippen molar-refractivity contribution in [3.05, 3.63) is 23.8 Å². The van der Waals surface area contributed by atoms with E-state index in [1.54, 1.807) is 0 Å². The monoisotopic (exact) mass is 348 g/mol. The van der Waals surface area contributed by atoms with E-state index >= 15 is 0 Å². The molecule has 4 nitrogen and oxygen atoms in total. The molecule has 22 heavy (non-hydrogen) atoms. The molecule has 0 aromatic heterocycles. The van der Waals surface area contributed by atoms with Crippen molar-refractivity contribution in [1.82, 2.24) is 10.2 Å². The van der Waals surface area contributed by atoms with Crippen molar-refractivity contribution >= 4 is 24.8 Å². The van der Waals surface area contributed by atoms with Crippen LogP contribution >= 0.6 is 24.8 Å². The van der Waals surface area contributed by atoms with Crippen LogP contribution in [0, 0.1) is 5.92 Å². The van der Waals surface area contributed by atoms with E-state index in [9.17, 15) is 10.2 Å². The van der Waals surface area contributed by atoms with Gasteiger partial charge in [0.15, 0.2) is 0 Å². The first-order valence-electron chi connectivity index (χ1n) is 7.72. The number of benzene rings is 1. The van der Waals surface area contributed by atoms with Gasteiger partial charge in [-0.1, -0.05) is 12.8 Å². The van der Waals surface area contributed by atoms with Crippen molar-refractivity contribution in [2.75, 3.05) is 26.2 Å². The van der Waals surface area contributed by atoms with Crippen LogP contribution in [-0.4, -0.2) is 41.3 Å². The molecule has 1 saturated carbocycles. The van der Waals surface area contributed by atoms with Gasteiger partial charge in [-0.25, -0.2) is 0 Å². The Morgan fingerprint density at radius 1 is 0.955 bits per heavy atom. The summed E-state index contributed by atoms with van der Waals surface area (Å²) in [6, 6.07) is 5.39. The summed E-state index contributed by atoms with van der Waals surface area (Å²) in [6.45, 7) is 4.12. The lowest BCUT2D eigenvalue weighted by Gasteiger charge is -2.38. The third kappa shape index (κ3) is 4.42. The lowest BCUT2D eigenvalue weighted by Crippen LogP contribution is -2.46. The molecule has 0 unspecified atom stereocenters. The van der Waals surface area contributed by atoms with Crippen molar-refractivity contribution < 1.29 is 10.2 Å². The molecular formula is C16H26Cl2N2O2. The van der Waals surface area contributed by atoms with Crippen molar-refractivity contribution in [2.45, 2.75) is 31.7 Å². The van der Waals surface area contributed by atoms with Crippen LogP contribution in [0.1, 0.15) is 37.3 Å². The van der Waals surface area contributed by atoms with Crippen LogP contribution in [0.3, 0.4) is 0 Å². The van der Waals surface area contributed by atoms with Gasteiger partial charge in [-0.2, -0.15) is 0 Å². The van der Waals surface area contributed by atoms with Crippen LogP contribution in [0.2, 0.25) is 0 Å². The highest BCUT2D eigenvalue weighted by Gasteiger charge is 2.32. The van der Waals surface area contributed by atoms with Gasteiger partial charge in [-0.3, -0.25) is 4.90 Å². The molecule has 1 saturated heterocycles. The molecule has 1 aliphatic carbocycles. The Bertz CT molecular complexity index is 441. The highest BCUT2D eigenvalue weighted by atomic mass is 35.5. The molecule has 1 aromatic carbocycles. The quantitative estimate of drug-likeness (QED) is 0.785. The van der Waals surface area contributed by atoms with Gasteiger partial charge in [0.2, 0.25) is 0 Å². The summed E-state index contributed by atoms with van der Waals surface area (Å²) in [7, 11) is 0. The maximum atomic E-state index is 9.79. The standard InChI is InChI=1S/C16H24N2O2.2ClH/c19-14-9-13(10-15(20)11-14)16(12-3-1-2-4-12)18-7-5-17-6-8-18;;/h9-12,16-17,19-20H,1-8H2;2*1H/t16-;;/m0../s1. The van der Waals surface area contributed by atoms with Gasteiger partial charge in [0.25, 0.3) is 0 Å². The van der Waals surface area contributed by atoms with Crippen LogP contribution in [0.5, 0.6) is 11.5 Å². The molecule has 1 heterocycles. The first kappa shape index (κ1) is 19.4. The largest absolute Gasteiger partial charge is 0.508 e. The van der Waals surface area contributed by atoms with E-state index in [1.165, 1.54) is 31.7 Å². The minimum absolute atomic E-state index is 0. The average Bonchev–Trinajstić information content (AvgIpc) is 2.93. The Hall–Kier alpha value is -0.680. The van der Waals surface area contributed by atoms with Crippen molar-refractivity contribution in [3.8, 4) is 11.5 Å². The van der Waals surface area contributed by atoms with E-state index in [0.717, 1.165) is 31.7 Å². The molecule has 2 fully saturated rings. The molecule has 2 aliphatic rings. The fourth-order valence-electron chi connectivity index (χ4n) is 3.80. The van der Waals surface area contributed by atoms with Crippen LogP contribution in [0.25, 0.3) is 0 Å². The predicted octanol–water partition coefficient (Wildman–Crippen LogP) is 3.08. The normalized spacial score (nSPS) is 20.9. The smallest absolute Gasteiger partial charge is 0.119 e. The Morgan fingerprint density at radius 3 is 2.05 bits per heavy atom. The molecule has 3 N–H and O–H groups in total. The van der Waals surface area contributed by atoms with Crippen LogP contribution < -0.4 is 5.32 Å². The van der Waals surface area contributed by atoms with E-state index in [4.69, 9.17) is 0 Å². The lowest BCUT2D eigenvalue weighted by atomic mass is 9.89. The highest BCUT2D eigenvalue weighted by molar-refractivity contribution is 5.85. The minimum Gasteiger partial charge on any atom is -0.508 e. The zero-order chi connectivity index (χ0) is 13.9. The Morgan fingerprint density at radius 2 is 1.50 bits per heavy atom. The van der Waals surface area contributed by atoms with E-state index < -0.39 is 0 Å². The van der Waals surface area contributed by atoms with Crippen LogP contribution in [-0.2, 0) is 0 Å². The summed E-state index contributed by atoms with van der Waals surface area (Å²) in [6.07, 6.45) is 5.12. The molecule has 0 radical (unpaired) electrons. The minimum atomic E-state index is 0. The number of phenolic OH excluding ortho intramolecular Hbond substituents is 2. The third-order valence-corrected chi connectivity index (χ3v) is 4.66. The zero-order valence-electron chi connectivity index (χ0n) is 12.7. The second kappa shape index (κ2) is 8.82. The molecule has 1 aromatic rings. The summed E-state index contributed by atoms with van der Waals surface area (Å²) in [5.74, 6) is 0.977. The molecular weight excluding hydrogens is 323 g/mol. The van der Waals surface area contributed by atoms with E-state index in [-0.39, 0.29) is 36.3 Å². The SMILES string of the molecule is Cl.Cl.Oc1cc(O)cc([C@H](C2CCCC2)N2CCNCC2)c1. The molecule has 3 rings (SSSR count). The number of rotatable bonds is 3. The first-order valence-corrected chi connectivity index (χ1v) is 7.72. The second-order valence-corrected chi connectivity index (χ2v) is 6.06. The fourth-order valence-corrected chi connectivity index (χ4v) is 3.80. The van der Waals surface area contributed by atoms with E-state index in [0.29, 0.717) is 12.0 Å². The maximum Gasteiger partial charge on any atom is 0.119 e. The zero-order valence-corrected chi connectivity index (χ0v) is 14.3. The van der Waals surface area contributed by atoms with Gasteiger partial charge in [0, 0.05) is 38.3 Å². The average molecular weight is 349 g/mol. The second-order valence-electron chi connectivity index (χ2n) is 6.06. The summed E-state index contributed by atoms with van der Waals surface area (Å²) < 4.78 is 0. The Labute approximate surface area is 144 Å². The van der Waals surface area contributed by atoms with Crippen molar-refractivity contribution in [2.24, 2.45) is 5.92 Å². The van der Waals surface area contributed by atoms with Crippen molar-refractivity contribution in [1.29, 1.82) is 0 Å². The van der Waals surface area contributed by atoms with E-state index in [1.807, 2.05) is 12.1 Å². The summed E-state index contributed by atoms with van der Waals surface area (Å²) in [5, 5.41) is 23.0. The molecule has 1 atom stereocenters. The third-order valence-electron chi connectivity index (χ3n) is 4.66. The van der Waals surface area contributed by atoms with Crippen LogP contribution in [0.15, 0.2) is 18.2 Å². The van der Waals surface area contributed by atoms with Gasteiger partial charge >= 0.3 is 0 Å². The fraction of sp³-hybridized carbons (Fsp3) is 0.625. The summed E-state index contributed by atoms with van der Waals surface area (Å²) >= 11 is 0. The molecule has 0 bridgehead atoms. The number of piperazine rings is 1. The number of halogens is 2. The highest BCUT2D eigenvalue weighted by Crippen LogP contribution is 2.41. The van der Waals surface area contributed by atoms with Gasteiger partial charge in [-0.15, -0.1) is 24.8 Å². The molecule has 0 spiro atoms. The number of nitrogens with zero attached hydrogens (tertiary/aromatic N) is 1. The first-order chi connectivity index (χ1) is 9.74. The van der Waals surface area contributed by atoms with Crippen molar-refractivity contribution in [3.63, 3.8) is 0 Å². The Kier molecular flexibility index (Phi) is 7.77. The van der Waals surface area contributed by atoms with Crippen LogP contribution in [0.4, 0.5) is 0 Å². The van der Waals surface area contributed by atoms with E-state index in [2.05, 4.69) is 10.2 Å². The number of hydrogen-bond donors (Lipinski definition) is 3. The maximum absolute atomic E-state index is 9.79. The van der Waals surface area contributed by atoms with Gasteiger partial charge < -0.3 is 15.5 Å². The van der Waals surface area contributed by atoms with Gasteiger partial charge in [0.1, 0.15) is 11.5 Å². The number of hydrogen-bond acceptors (Lipinski definition) is 4. The molecule has 6 heteroatoms. The lowest BCUT2D eigenvalue weighted by molar-refractivity contribution is 0.125. The van der Waals surface area contributed by atoms with Gasteiger partial charge in [0.05, 0.1) is 0 Å².